The van der Waals surface area contributed by atoms with Crippen LogP contribution in [0.15, 0.2) is 97.1 Å². The van der Waals surface area contributed by atoms with Crippen molar-refractivity contribution in [1.82, 2.24) is 16.0 Å². The summed E-state index contributed by atoms with van der Waals surface area (Å²) >= 11 is 0. The van der Waals surface area contributed by atoms with Gasteiger partial charge in [-0.15, -0.1) is 0 Å². The number of ether oxygens (including phenoxy) is 3. The Kier molecular flexibility index (Phi) is 10.6. The largest absolute Gasteiger partial charge is 0.494 e. The van der Waals surface area contributed by atoms with Crippen molar-refractivity contribution in [2.45, 2.75) is 69.0 Å². The zero-order valence-corrected chi connectivity index (χ0v) is 28.6. The highest BCUT2D eigenvalue weighted by Gasteiger charge is 2.42. The molecule has 4 aromatic carbocycles. The molecule has 4 aromatic rings. The van der Waals surface area contributed by atoms with Gasteiger partial charge in [-0.25, -0.2) is 0 Å². The predicted octanol–water partition coefficient (Wildman–Crippen LogP) is 6.58. The minimum absolute atomic E-state index is 0.0496. The molecule has 0 aromatic heterocycles. The summed E-state index contributed by atoms with van der Waals surface area (Å²) in [5.41, 5.74) is 3.87. The number of carbonyl (C=O) groups is 2. The number of hydrogen-bond acceptors (Lipinski definition) is 7. The Balaban J connectivity index is 0.000000162. The Labute approximate surface area is 300 Å². The molecule has 4 bridgehead atoms. The van der Waals surface area contributed by atoms with Gasteiger partial charge in [-0.1, -0.05) is 36.4 Å². The first-order valence-electron chi connectivity index (χ1n) is 17.6. The molecule has 12 heteroatoms. The van der Waals surface area contributed by atoms with Gasteiger partial charge in [-0.05, 0) is 97.1 Å². The maximum atomic E-state index is 12.6. The Morgan fingerprint density at radius 1 is 0.769 bits per heavy atom. The maximum absolute atomic E-state index is 12.6. The molecule has 6 atom stereocenters. The molecule has 8 rings (SSSR count). The molecule has 4 heterocycles. The molecule has 52 heavy (non-hydrogen) atoms. The minimum Gasteiger partial charge on any atom is -0.494 e. The van der Waals surface area contributed by atoms with Crippen LogP contribution < -0.4 is 26.0 Å². The monoisotopic (exact) mass is 714 g/mol. The molecule has 0 unspecified atom stereocenters. The first-order chi connectivity index (χ1) is 25.1. The topological polar surface area (TPSA) is 110 Å². The van der Waals surface area contributed by atoms with Crippen molar-refractivity contribution in [1.29, 1.82) is 0 Å². The summed E-state index contributed by atoms with van der Waals surface area (Å²) < 4.78 is 55.1. The summed E-state index contributed by atoms with van der Waals surface area (Å²) in [6.07, 6.45) is -1.69. The summed E-state index contributed by atoms with van der Waals surface area (Å²) in [6, 6.07) is 27.8. The summed E-state index contributed by atoms with van der Waals surface area (Å²) in [5, 5.41) is 12.5. The van der Waals surface area contributed by atoms with Gasteiger partial charge in [0.05, 0.1) is 36.6 Å². The van der Waals surface area contributed by atoms with E-state index in [-0.39, 0.29) is 42.7 Å². The van der Waals surface area contributed by atoms with Crippen LogP contribution in [-0.2, 0) is 22.2 Å². The van der Waals surface area contributed by atoms with Crippen LogP contribution >= 0.6 is 0 Å². The van der Waals surface area contributed by atoms with Crippen LogP contribution in [0.2, 0.25) is 0 Å². The Morgan fingerprint density at radius 3 is 1.96 bits per heavy atom. The molecule has 0 aliphatic carbocycles. The third kappa shape index (κ3) is 8.31. The number of hydrogen-bond donors (Lipinski definition) is 4. The fourth-order valence-electron chi connectivity index (χ4n) is 7.14. The van der Waals surface area contributed by atoms with Crippen LogP contribution in [0.3, 0.4) is 0 Å². The van der Waals surface area contributed by atoms with E-state index < -0.39 is 11.7 Å². The van der Waals surface area contributed by atoms with Gasteiger partial charge in [-0.2, -0.15) is 13.2 Å². The van der Waals surface area contributed by atoms with Gasteiger partial charge in [0.2, 0.25) is 0 Å². The van der Waals surface area contributed by atoms with Crippen molar-refractivity contribution < 1.29 is 37.0 Å². The molecule has 272 valence electrons. The molecular formula is C40H41F3N4O5. The second-order valence-electron chi connectivity index (χ2n) is 13.4. The standard InChI is InChI=1S/C20H19F3N2O2.C20H22N2O3/c21-20(22,23)15-6-4-12(5-7-15)10-25-19(26)14-3-1-2-13(8-14)18-17-9-16(27-18)11-24-17;1-2-24-16-9-7-15(8-10-16)22-20(23)14-5-3-13(4-6-14)19-18-11-17(25-19)12-21-18/h1-8,16-18,24H,9-11H2,(H,25,26);3-10,17-19,21H,2,11-12H2,1H3,(H,22,23)/t16-,17-,18+;17-,18-,19+/m11/s1. The maximum Gasteiger partial charge on any atom is 0.416 e. The number of alkyl halides is 3. The number of carbonyl (C=O) groups excluding carboxylic acids is 2. The molecule has 4 aliphatic heterocycles. The molecule has 4 fully saturated rings. The smallest absolute Gasteiger partial charge is 0.416 e. The zero-order chi connectivity index (χ0) is 36.2. The van der Waals surface area contributed by atoms with Crippen LogP contribution in [0.25, 0.3) is 0 Å². The van der Waals surface area contributed by atoms with E-state index in [1.807, 2.05) is 73.7 Å². The van der Waals surface area contributed by atoms with E-state index in [4.69, 9.17) is 14.2 Å². The molecule has 0 spiro atoms. The Bertz CT molecular complexity index is 1850. The van der Waals surface area contributed by atoms with Gasteiger partial charge < -0.3 is 35.5 Å². The Morgan fingerprint density at radius 2 is 1.40 bits per heavy atom. The molecule has 2 amide bonds. The average Bonchev–Trinajstić information content (AvgIpc) is 3.99. The molecule has 4 aliphatic rings. The quantitative estimate of drug-likeness (QED) is 0.155. The third-order valence-electron chi connectivity index (χ3n) is 9.79. The van der Waals surface area contributed by atoms with Gasteiger partial charge in [0.25, 0.3) is 11.8 Å². The lowest BCUT2D eigenvalue weighted by atomic mass is 10.0. The molecule has 4 saturated heterocycles. The van der Waals surface area contributed by atoms with E-state index >= 15 is 0 Å². The number of amides is 2. The lowest BCUT2D eigenvalue weighted by Crippen LogP contribution is -2.34. The highest BCUT2D eigenvalue weighted by Crippen LogP contribution is 2.38. The first kappa shape index (κ1) is 35.6. The van der Waals surface area contributed by atoms with E-state index in [0.717, 1.165) is 60.6 Å². The van der Waals surface area contributed by atoms with Gasteiger partial charge >= 0.3 is 6.18 Å². The second kappa shape index (κ2) is 15.5. The number of rotatable bonds is 9. The van der Waals surface area contributed by atoms with Crippen molar-refractivity contribution in [2.75, 3.05) is 25.0 Å². The number of benzene rings is 4. The fourth-order valence-corrected chi connectivity index (χ4v) is 7.14. The van der Waals surface area contributed by atoms with Crippen LogP contribution in [-0.4, -0.2) is 55.8 Å². The van der Waals surface area contributed by atoms with Crippen molar-refractivity contribution in [3.63, 3.8) is 0 Å². The fraction of sp³-hybridized carbons (Fsp3) is 0.350. The summed E-state index contributed by atoms with van der Waals surface area (Å²) in [6.45, 7) is 4.54. The lowest BCUT2D eigenvalue weighted by molar-refractivity contribution is -0.137. The zero-order valence-electron chi connectivity index (χ0n) is 28.6. The van der Waals surface area contributed by atoms with Crippen molar-refractivity contribution in [3.8, 4) is 5.75 Å². The minimum atomic E-state index is -4.36. The van der Waals surface area contributed by atoms with Crippen LogP contribution in [0.5, 0.6) is 5.75 Å². The number of morpholine rings is 2. The van der Waals surface area contributed by atoms with E-state index in [1.54, 1.807) is 6.07 Å². The highest BCUT2D eigenvalue weighted by atomic mass is 19.4. The third-order valence-corrected chi connectivity index (χ3v) is 9.79. The summed E-state index contributed by atoms with van der Waals surface area (Å²) in [5.74, 6) is 0.403. The van der Waals surface area contributed by atoms with Gasteiger partial charge in [0, 0.05) is 48.5 Å². The van der Waals surface area contributed by atoms with Gasteiger partial charge in [0.15, 0.2) is 0 Å². The van der Waals surface area contributed by atoms with Crippen LogP contribution in [0.1, 0.15) is 74.9 Å². The van der Waals surface area contributed by atoms with Crippen LogP contribution in [0, 0.1) is 0 Å². The normalized spacial score (nSPS) is 24.2. The van der Waals surface area contributed by atoms with E-state index in [0.29, 0.717) is 35.4 Å². The molecular weight excluding hydrogens is 673 g/mol. The van der Waals surface area contributed by atoms with E-state index in [1.165, 1.54) is 12.1 Å². The predicted molar refractivity (Wildman–Crippen MR) is 189 cm³/mol. The number of fused-ring (bicyclic) bond motifs is 4. The highest BCUT2D eigenvalue weighted by molar-refractivity contribution is 6.04. The SMILES string of the molecule is CCOc1ccc(NC(=O)c2ccc([C@@H]3O[C@H]4CN[C@@H]3C4)cc2)cc1.O=C(NCc1ccc(C(F)(F)F)cc1)c1cccc([C@@H]2O[C@H]3CN[C@@H]2C3)c1. The molecule has 9 nitrogen and oxygen atoms in total. The number of nitrogens with one attached hydrogen (secondary N) is 4. The van der Waals surface area contributed by atoms with Gasteiger partial charge in [-0.3, -0.25) is 9.59 Å². The average molecular weight is 715 g/mol. The van der Waals surface area contributed by atoms with Crippen molar-refractivity contribution in [3.05, 3.63) is 130 Å². The molecule has 0 saturated carbocycles. The number of halogens is 3. The van der Waals surface area contributed by atoms with E-state index in [2.05, 4.69) is 21.3 Å². The molecule has 0 radical (unpaired) electrons. The second-order valence-corrected chi connectivity index (χ2v) is 13.4. The van der Waals surface area contributed by atoms with Gasteiger partial charge in [0.1, 0.15) is 5.75 Å². The Hall–Kier alpha value is -4.75. The van der Waals surface area contributed by atoms with Crippen molar-refractivity contribution >= 4 is 17.5 Å². The van der Waals surface area contributed by atoms with Crippen molar-refractivity contribution in [2.24, 2.45) is 0 Å². The molecule has 4 N–H and O–H groups in total. The summed E-state index contributed by atoms with van der Waals surface area (Å²) in [4.78, 5) is 24.8. The summed E-state index contributed by atoms with van der Waals surface area (Å²) in [7, 11) is 0. The van der Waals surface area contributed by atoms with Crippen LogP contribution in [0.4, 0.5) is 18.9 Å². The lowest BCUT2D eigenvalue weighted by Gasteiger charge is -2.24. The number of anilines is 1. The first-order valence-corrected chi connectivity index (χ1v) is 17.6. The van der Waals surface area contributed by atoms with E-state index in [9.17, 15) is 22.8 Å².